The van der Waals surface area contributed by atoms with Crippen LogP contribution < -0.4 is 10.1 Å². The second-order valence-corrected chi connectivity index (χ2v) is 4.95. The van der Waals surface area contributed by atoms with Crippen LogP contribution in [-0.2, 0) is 6.42 Å². The number of anilines is 1. The standard InChI is InChI=1S/C17H21FN2O/c1-3-11-21-16-5-4-9-19-17(16)20-10-8-14-6-7-15(18)12-13(14)2/h4-7,9,12H,3,8,10-11H2,1-2H3,(H,19,20). The van der Waals surface area contributed by atoms with Gasteiger partial charge in [-0.2, -0.15) is 0 Å². The van der Waals surface area contributed by atoms with E-state index in [4.69, 9.17) is 4.74 Å². The van der Waals surface area contributed by atoms with Crippen molar-refractivity contribution in [1.82, 2.24) is 4.98 Å². The van der Waals surface area contributed by atoms with Crippen molar-refractivity contribution in [3.05, 3.63) is 53.5 Å². The maximum absolute atomic E-state index is 13.1. The molecule has 1 heterocycles. The molecule has 0 unspecified atom stereocenters. The molecule has 0 aliphatic rings. The van der Waals surface area contributed by atoms with Crippen LogP contribution in [0.5, 0.6) is 5.75 Å². The number of hydrogen-bond donors (Lipinski definition) is 1. The minimum atomic E-state index is -0.191. The van der Waals surface area contributed by atoms with E-state index in [1.54, 1.807) is 12.3 Å². The highest BCUT2D eigenvalue weighted by Gasteiger charge is 2.05. The lowest BCUT2D eigenvalue weighted by Gasteiger charge is -2.12. The molecule has 21 heavy (non-hydrogen) atoms. The Hall–Kier alpha value is -2.10. The van der Waals surface area contributed by atoms with E-state index in [9.17, 15) is 4.39 Å². The van der Waals surface area contributed by atoms with Gasteiger partial charge in [-0.25, -0.2) is 9.37 Å². The van der Waals surface area contributed by atoms with Crippen molar-refractivity contribution in [2.45, 2.75) is 26.7 Å². The number of aromatic nitrogens is 1. The van der Waals surface area contributed by atoms with E-state index in [1.807, 2.05) is 25.1 Å². The van der Waals surface area contributed by atoms with Crippen LogP contribution in [0.15, 0.2) is 36.5 Å². The molecule has 0 radical (unpaired) electrons. The molecule has 0 amide bonds. The van der Waals surface area contributed by atoms with Crippen LogP contribution in [0.3, 0.4) is 0 Å². The fourth-order valence-electron chi connectivity index (χ4n) is 2.11. The predicted octanol–water partition coefficient (Wildman–Crippen LogP) is 3.97. The molecule has 0 atom stereocenters. The molecule has 1 aromatic heterocycles. The third-order valence-electron chi connectivity index (χ3n) is 3.22. The number of nitrogens with zero attached hydrogens (tertiary/aromatic N) is 1. The molecule has 2 rings (SSSR count). The molecule has 112 valence electrons. The van der Waals surface area contributed by atoms with Crippen molar-refractivity contribution in [3.63, 3.8) is 0 Å². The van der Waals surface area contributed by atoms with Gasteiger partial charge >= 0.3 is 0 Å². The zero-order chi connectivity index (χ0) is 15.1. The van der Waals surface area contributed by atoms with Crippen LogP contribution in [0.2, 0.25) is 0 Å². The Bertz CT molecular complexity index is 587. The highest BCUT2D eigenvalue weighted by Crippen LogP contribution is 2.21. The number of pyridine rings is 1. The third-order valence-corrected chi connectivity index (χ3v) is 3.22. The molecular formula is C17H21FN2O. The second-order valence-electron chi connectivity index (χ2n) is 4.95. The van der Waals surface area contributed by atoms with Gasteiger partial charge in [0.2, 0.25) is 0 Å². The zero-order valence-electron chi connectivity index (χ0n) is 12.5. The van der Waals surface area contributed by atoms with Crippen LogP contribution >= 0.6 is 0 Å². The van der Waals surface area contributed by atoms with Crippen molar-refractivity contribution in [3.8, 4) is 5.75 Å². The summed E-state index contributed by atoms with van der Waals surface area (Å²) in [6, 6.07) is 8.67. The maximum Gasteiger partial charge on any atom is 0.168 e. The Labute approximate surface area is 125 Å². The Morgan fingerprint density at radius 1 is 1.29 bits per heavy atom. The SMILES string of the molecule is CCCOc1cccnc1NCCc1ccc(F)cc1C. The Morgan fingerprint density at radius 2 is 2.14 bits per heavy atom. The van der Waals surface area contributed by atoms with Gasteiger partial charge in [0.25, 0.3) is 0 Å². The lowest BCUT2D eigenvalue weighted by atomic mass is 10.1. The fourth-order valence-corrected chi connectivity index (χ4v) is 2.11. The van der Waals surface area contributed by atoms with Gasteiger partial charge in [-0.05, 0) is 55.2 Å². The fraction of sp³-hybridized carbons (Fsp3) is 0.353. The Kier molecular flexibility index (Phi) is 5.55. The monoisotopic (exact) mass is 288 g/mol. The molecule has 4 heteroatoms. The van der Waals surface area contributed by atoms with E-state index in [-0.39, 0.29) is 5.82 Å². The average Bonchev–Trinajstić information content (AvgIpc) is 2.48. The van der Waals surface area contributed by atoms with E-state index in [2.05, 4.69) is 17.2 Å². The van der Waals surface area contributed by atoms with Crippen molar-refractivity contribution in [1.29, 1.82) is 0 Å². The lowest BCUT2D eigenvalue weighted by molar-refractivity contribution is 0.318. The smallest absolute Gasteiger partial charge is 0.168 e. The molecule has 3 nitrogen and oxygen atoms in total. The topological polar surface area (TPSA) is 34.1 Å². The van der Waals surface area contributed by atoms with Gasteiger partial charge < -0.3 is 10.1 Å². The number of halogens is 1. The van der Waals surface area contributed by atoms with Crippen molar-refractivity contribution >= 4 is 5.82 Å². The minimum Gasteiger partial charge on any atom is -0.490 e. The van der Waals surface area contributed by atoms with Crippen molar-refractivity contribution < 1.29 is 9.13 Å². The highest BCUT2D eigenvalue weighted by molar-refractivity contribution is 5.49. The van der Waals surface area contributed by atoms with E-state index >= 15 is 0 Å². The van der Waals surface area contributed by atoms with Crippen LogP contribution in [-0.4, -0.2) is 18.1 Å². The van der Waals surface area contributed by atoms with Crippen LogP contribution in [0.4, 0.5) is 10.2 Å². The van der Waals surface area contributed by atoms with Gasteiger partial charge in [0.15, 0.2) is 11.6 Å². The largest absolute Gasteiger partial charge is 0.490 e. The summed E-state index contributed by atoms with van der Waals surface area (Å²) < 4.78 is 18.7. The molecule has 1 N–H and O–H groups in total. The molecule has 1 aromatic carbocycles. The molecule has 0 saturated carbocycles. The van der Waals surface area contributed by atoms with Crippen LogP contribution in [0, 0.1) is 12.7 Å². The third kappa shape index (κ3) is 4.45. The first-order valence-corrected chi connectivity index (χ1v) is 7.27. The zero-order valence-corrected chi connectivity index (χ0v) is 12.5. The summed E-state index contributed by atoms with van der Waals surface area (Å²) in [5.41, 5.74) is 2.11. The number of ether oxygens (including phenoxy) is 1. The number of benzene rings is 1. The predicted molar refractivity (Wildman–Crippen MR) is 83.4 cm³/mol. The number of aryl methyl sites for hydroxylation is 1. The first kappa shape index (κ1) is 15.3. The van der Waals surface area contributed by atoms with Crippen LogP contribution in [0.25, 0.3) is 0 Å². The minimum absolute atomic E-state index is 0.191. The molecule has 0 aliphatic heterocycles. The summed E-state index contributed by atoms with van der Waals surface area (Å²) in [4.78, 5) is 4.30. The quantitative estimate of drug-likeness (QED) is 0.837. The van der Waals surface area contributed by atoms with E-state index in [0.717, 1.165) is 42.1 Å². The number of hydrogen-bond acceptors (Lipinski definition) is 3. The molecule has 0 spiro atoms. The summed E-state index contributed by atoms with van der Waals surface area (Å²) in [6.07, 6.45) is 3.52. The average molecular weight is 288 g/mol. The van der Waals surface area contributed by atoms with Crippen molar-refractivity contribution in [2.24, 2.45) is 0 Å². The molecule has 0 aliphatic carbocycles. The molecule has 0 saturated heterocycles. The van der Waals surface area contributed by atoms with Crippen molar-refractivity contribution in [2.75, 3.05) is 18.5 Å². The molecular weight excluding hydrogens is 267 g/mol. The highest BCUT2D eigenvalue weighted by atomic mass is 19.1. The molecule has 0 bridgehead atoms. The summed E-state index contributed by atoms with van der Waals surface area (Å²) in [7, 11) is 0. The lowest BCUT2D eigenvalue weighted by Crippen LogP contribution is -2.09. The second kappa shape index (κ2) is 7.62. The molecule has 2 aromatic rings. The van der Waals surface area contributed by atoms with Crippen LogP contribution in [0.1, 0.15) is 24.5 Å². The van der Waals surface area contributed by atoms with Gasteiger partial charge in [-0.3, -0.25) is 0 Å². The number of rotatable bonds is 7. The first-order valence-electron chi connectivity index (χ1n) is 7.27. The van der Waals surface area contributed by atoms with E-state index < -0.39 is 0 Å². The Balaban J connectivity index is 1.94. The normalized spacial score (nSPS) is 10.4. The summed E-state index contributed by atoms with van der Waals surface area (Å²) in [5, 5.41) is 3.28. The summed E-state index contributed by atoms with van der Waals surface area (Å²) in [6.45, 7) is 5.40. The number of nitrogens with one attached hydrogen (secondary N) is 1. The Morgan fingerprint density at radius 3 is 2.90 bits per heavy atom. The summed E-state index contributed by atoms with van der Waals surface area (Å²) in [5.74, 6) is 1.34. The molecule has 0 fully saturated rings. The van der Waals surface area contributed by atoms with Gasteiger partial charge in [0.1, 0.15) is 5.82 Å². The summed E-state index contributed by atoms with van der Waals surface area (Å²) >= 11 is 0. The van der Waals surface area contributed by atoms with E-state index in [0.29, 0.717) is 6.61 Å². The first-order chi connectivity index (χ1) is 10.2. The van der Waals surface area contributed by atoms with Gasteiger partial charge in [0, 0.05) is 12.7 Å². The van der Waals surface area contributed by atoms with Gasteiger partial charge in [0.05, 0.1) is 6.61 Å². The van der Waals surface area contributed by atoms with E-state index in [1.165, 1.54) is 6.07 Å². The maximum atomic E-state index is 13.1. The van der Waals surface area contributed by atoms with Gasteiger partial charge in [-0.1, -0.05) is 13.0 Å². The van der Waals surface area contributed by atoms with Gasteiger partial charge in [-0.15, -0.1) is 0 Å².